The van der Waals surface area contributed by atoms with Gasteiger partial charge in [-0.2, -0.15) is 0 Å². The standard InChI is InChI=1S/C15H22N2O2S/c1-4-9-19-12-7-5-11(6-8-12)17-15(18)13(10(2)3)14(16)20/h5-8,10,13H,4,9H2,1-3H3,(H2,16,20)(H,17,18). The maximum absolute atomic E-state index is 12.1. The van der Waals surface area contributed by atoms with Crippen molar-refractivity contribution in [3.8, 4) is 5.75 Å². The van der Waals surface area contributed by atoms with Crippen LogP contribution in [0.2, 0.25) is 0 Å². The van der Waals surface area contributed by atoms with Crippen molar-refractivity contribution in [3.05, 3.63) is 24.3 Å². The van der Waals surface area contributed by atoms with E-state index < -0.39 is 5.92 Å². The van der Waals surface area contributed by atoms with Gasteiger partial charge in [0.1, 0.15) is 5.75 Å². The number of hydrogen-bond acceptors (Lipinski definition) is 3. The second kappa shape index (κ2) is 7.85. The van der Waals surface area contributed by atoms with Gasteiger partial charge in [-0.1, -0.05) is 33.0 Å². The van der Waals surface area contributed by atoms with Gasteiger partial charge in [-0.05, 0) is 36.6 Å². The summed E-state index contributed by atoms with van der Waals surface area (Å²) in [4.78, 5) is 12.4. The molecule has 1 amide bonds. The number of rotatable bonds is 7. The maximum atomic E-state index is 12.1. The smallest absolute Gasteiger partial charge is 0.234 e. The van der Waals surface area contributed by atoms with E-state index in [1.807, 2.05) is 26.0 Å². The first-order chi connectivity index (χ1) is 9.45. The summed E-state index contributed by atoms with van der Waals surface area (Å²) in [6, 6.07) is 7.27. The lowest BCUT2D eigenvalue weighted by Gasteiger charge is -2.18. The van der Waals surface area contributed by atoms with Crippen LogP contribution in [0, 0.1) is 11.8 Å². The van der Waals surface area contributed by atoms with E-state index in [0.29, 0.717) is 12.3 Å². The Balaban J connectivity index is 2.68. The zero-order valence-electron chi connectivity index (χ0n) is 12.2. The number of nitrogens with two attached hydrogens (primary N) is 1. The largest absolute Gasteiger partial charge is 0.494 e. The summed E-state index contributed by atoms with van der Waals surface area (Å²) in [5, 5.41) is 2.83. The van der Waals surface area contributed by atoms with Gasteiger partial charge in [0.2, 0.25) is 5.91 Å². The average molecular weight is 294 g/mol. The van der Waals surface area contributed by atoms with Crippen LogP contribution < -0.4 is 15.8 Å². The molecule has 0 bridgehead atoms. The molecule has 20 heavy (non-hydrogen) atoms. The number of carbonyl (C=O) groups is 1. The third kappa shape index (κ3) is 4.81. The summed E-state index contributed by atoms with van der Waals surface area (Å²) in [7, 11) is 0. The van der Waals surface area contributed by atoms with Crippen LogP contribution in [0.4, 0.5) is 5.69 Å². The summed E-state index contributed by atoms with van der Waals surface area (Å²) in [6.07, 6.45) is 0.961. The van der Waals surface area contributed by atoms with Crippen LogP contribution in [0.25, 0.3) is 0 Å². The van der Waals surface area contributed by atoms with Gasteiger partial charge in [0.05, 0.1) is 17.5 Å². The SMILES string of the molecule is CCCOc1ccc(NC(=O)C(C(N)=S)C(C)C)cc1. The number of carbonyl (C=O) groups excluding carboxylic acids is 1. The monoisotopic (exact) mass is 294 g/mol. The Labute approximate surface area is 125 Å². The molecular formula is C15H22N2O2S. The van der Waals surface area contributed by atoms with Crippen molar-refractivity contribution < 1.29 is 9.53 Å². The topological polar surface area (TPSA) is 64.3 Å². The number of hydrogen-bond donors (Lipinski definition) is 2. The summed E-state index contributed by atoms with van der Waals surface area (Å²) in [5.74, 6) is 0.231. The molecule has 5 heteroatoms. The molecular weight excluding hydrogens is 272 g/mol. The van der Waals surface area contributed by atoms with Gasteiger partial charge >= 0.3 is 0 Å². The quantitative estimate of drug-likeness (QED) is 0.759. The Hall–Kier alpha value is -1.62. The molecule has 0 saturated heterocycles. The molecule has 1 rings (SSSR count). The molecule has 1 aromatic rings. The second-order valence-electron chi connectivity index (χ2n) is 4.99. The molecule has 1 aromatic carbocycles. The maximum Gasteiger partial charge on any atom is 0.234 e. The van der Waals surface area contributed by atoms with Crippen molar-refractivity contribution in [2.75, 3.05) is 11.9 Å². The molecule has 0 fully saturated rings. The van der Waals surface area contributed by atoms with Gasteiger partial charge < -0.3 is 15.8 Å². The van der Waals surface area contributed by atoms with Crippen molar-refractivity contribution in [1.82, 2.24) is 0 Å². The number of anilines is 1. The van der Waals surface area contributed by atoms with E-state index in [1.165, 1.54) is 0 Å². The number of nitrogens with one attached hydrogen (secondary N) is 1. The second-order valence-corrected chi connectivity index (χ2v) is 5.46. The van der Waals surface area contributed by atoms with Crippen molar-refractivity contribution in [3.63, 3.8) is 0 Å². The first kappa shape index (κ1) is 16.4. The minimum atomic E-state index is -0.457. The van der Waals surface area contributed by atoms with E-state index in [9.17, 15) is 4.79 Å². The fourth-order valence-corrected chi connectivity index (χ4v) is 2.21. The Kier molecular flexibility index (Phi) is 6.45. The molecule has 0 saturated carbocycles. The molecule has 1 unspecified atom stereocenters. The first-order valence-electron chi connectivity index (χ1n) is 6.78. The molecule has 0 aliphatic carbocycles. The van der Waals surface area contributed by atoms with Gasteiger partial charge in [-0.3, -0.25) is 4.79 Å². The molecule has 3 N–H and O–H groups in total. The van der Waals surface area contributed by atoms with E-state index in [-0.39, 0.29) is 16.8 Å². The Morgan fingerprint density at radius 3 is 2.40 bits per heavy atom. The van der Waals surface area contributed by atoms with E-state index in [4.69, 9.17) is 22.7 Å². The summed E-state index contributed by atoms with van der Waals surface area (Å²) in [5.41, 5.74) is 6.33. The van der Waals surface area contributed by atoms with Gasteiger partial charge in [0.15, 0.2) is 0 Å². The average Bonchev–Trinajstić information content (AvgIpc) is 2.37. The van der Waals surface area contributed by atoms with Crippen LogP contribution in [-0.4, -0.2) is 17.5 Å². The predicted octanol–water partition coefficient (Wildman–Crippen LogP) is 2.97. The Morgan fingerprint density at radius 2 is 1.95 bits per heavy atom. The number of ether oxygens (including phenoxy) is 1. The molecule has 110 valence electrons. The summed E-state index contributed by atoms with van der Waals surface area (Å²) in [6.45, 7) is 6.58. The van der Waals surface area contributed by atoms with Gasteiger partial charge in [-0.25, -0.2) is 0 Å². The molecule has 0 radical (unpaired) electrons. The number of amides is 1. The fraction of sp³-hybridized carbons (Fsp3) is 0.467. The number of thiocarbonyl (C=S) groups is 1. The van der Waals surface area contributed by atoms with Crippen LogP contribution in [0.5, 0.6) is 5.75 Å². The van der Waals surface area contributed by atoms with E-state index in [0.717, 1.165) is 12.2 Å². The zero-order valence-corrected chi connectivity index (χ0v) is 13.0. The number of benzene rings is 1. The highest BCUT2D eigenvalue weighted by atomic mass is 32.1. The molecule has 0 aliphatic rings. The fourth-order valence-electron chi connectivity index (χ4n) is 1.83. The van der Waals surface area contributed by atoms with Gasteiger partial charge in [-0.15, -0.1) is 0 Å². The zero-order chi connectivity index (χ0) is 15.1. The molecule has 4 nitrogen and oxygen atoms in total. The molecule has 0 aliphatic heterocycles. The Morgan fingerprint density at radius 1 is 1.35 bits per heavy atom. The first-order valence-corrected chi connectivity index (χ1v) is 7.19. The summed E-state index contributed by atoms with van der Waals surface area (Å²) >= 11 is 4.95. The van der Waals surface area contributed by atoms with E-state index >= 15 is 0 Å². The molecule has 0 aromatic heterocycles. The molecule has 1 atom stereocenters. The molecule has 0 spiro atoms. The normalized spacial score (nSPS) is 12.0. The van der Waals surface area contributed by atoms with Crippen LogP contribution in [0.1, 0.15) is 27.2 Å². The van der Waals surface area contributed by atoms with Crippen molar-refractivity contribution >= 4 is 28.8 Å². The van der Waals surface area contributed by atoms with Gasteiger partial charge in [0.25, 0.3) is 0 Å². The third-order valence-corrected chi connectivity index (χ3v) is 3.10. The summed E-state index contributed by atoms with van der Waals surface area (Å²) < 4.78 is 5.49. The highest BCUT2D eigenvalue weighted by molar-refractivity contribution is 7.80. The van der Waals surface area contributed by atoms with Crippen molar-refractivity contribution in [2.45, 2.75) is 27.2 Å². The highest BCUT2D eigenvalue weighted by Crippen LogP contribution is 2.18. The van der Waals surface area contributed by atoms with Crippen LogP contribution >= 0.6 is 12.2 Å². The minimum absolute atomic E-state index is 0.0691. The highest BCUT2D eigenvalue weighted by Gasteiger charge is 2.24. The van der Waals surface area contributed by atoms with Crippen molar-refractivity contribution in [1.29, 1.82) is 0 Å². The van der Waals surface area contributed by atoms with E-state index in [1.54, 1.807) is 12.1 Å². The third-order valence-electron chi connectivity index (χ3n) is 2.85. The van der Waals surface area contributed by atoms with E-state index in [2.05, 4.69) is 12.2 Å². The molecule has 0 heterocycles. The lowest BCUT2D eigenvalue weighted by molar-refractivity contribution is -0.118. The van der Waals surface area contributed by atoms with Crippen LogP contribution in [-0.2, 0) is 4.79 Å². The van der Waals surface area contributed by atoms with Crippen LogP contribution in [0.3, 0.4) is 0 Å². The minimum Gasteiger partial charge on any atom is -0.494 e. The van der Waals surface area contributed by atoms with Crippen molar-refractivity contribution in [2.24, 2.45) is 17.6 Å². The Bertz CT molecular complexity index is 457. The predicted molar refractivity (Wildman–Crippen MR) is 86.0 cm³/mol. The van der Waals surface area contributed by atoms with Crippen LogP contribution in [0.15, 0.2) is 24.3 Å². The lowest BCUT2D eigenvalue weighted by atomic mass is 9.95. The van der Waals surface area contributed by atoms with Gasteiger partial charge in [0, 0.05) is 5.69 Å². The lowest BCUT2D eigenvalue weighted by Crippen LogP contribution is -2.36.